The van der Waals surface area contributed by atoms with E-state index in [-0.39, 0.29) is 12.5 Å². The highest BCUT2D eigenvalue weighted by molar-refractivity contribution is 6.08. The summed E-state index contributed by atoms with van der Waals surface area (Å²) in [6.07, 6.45) is 6.59. The van der Waals surface area contributed by atoms with Gasteiger partial charge in [0.25, 0.3) is 5.91 Å². The summed E-state index contributed by atoms with van der Waals surface area (Å²) in [4.78, 5) is 32.9. The van der Waals surface area contributed by atoms with Crippen LogP contribution in [0.1, 0.15) is 33.2 Å². The van der Waals surface area contributed by atoms with Crippen molar-refractivity contribution >= 4 is 23.3 Å². The average molecular weight is 376 g/mol. The minimum atomic E-state index is -0.483. The first kappa shape index (κ1) is 19.0. The number of nitrogens with zero attached hydrogens (tertiary/aromatic N) is 2. The number of carbonyl (C=O) groups excluding carboxylic acids is 2. The van der Waals surface area contributed by atoms with E-state index in [4.69, 9.17) is 4.74 Å². The van der Waals surface area contributed by atoms with Gasteiger partial charge >= 0.3 is 5.97 Å². The van der Waals surface area contributed by atoms with E-state index in [9.17, 15) is 9.59 Å². The van der Waals surface area contributed by atoms with Crippen LogP contribution in [-0.2, 0) is 11.3 Å². The molecule has 0 aliphatic carbocycles. The summed E-state index contributed by atoms with van der Waals surface area (Å²) >= 11 is 0. The quantitative estimate of drug-likeness (QED) is 0.613. The van der Waals surface area contributed by atoms with Gasteiger partial charge in [0.2, 0.25) is 0 Å². The van der Waals surface area contributed by atoms with Crippen LogP contribution in [0.15, 0.2) is 67.3 Å². The van der Waals surface area contributed by atoms with Crippen LogP contribution in [0.4, 0.5) is 11.4 Å². The third kappa shape index (κ3) is 4.91. The zero-order chi connectivity index (χ0) is 19.8. The summed E-state index contributed by atoms with van der Waals surface area (Å²) in [5.74, 6) is -0.849. The molecule has 2 heterocycles. The van der Waals surface area contributed by atoms with Gasteiger partial charge in [-0.15, -0.1) is 0 Å². The fraction of sp³-hybridized carbons (Fsp3) is 0.143. The highest BCUT2D eigenvalue weighted by atomic mass is 16.5. The van der Waals surface area contributed by atoms with Crippen molar-refractivity contribution in [3.05, 3.63) is 83.9 Å². The molecular weight excluding hydrogens is 356 g/mol. The molecule has 7 nitrogen and oxygen atoms in total. The van der Waals surface area contributed by atoms with Gasteiger partial charge in [-0.25, -0.2) is 4.79 Å². The second-order valence-electron chi connectivity index (χ2n) is 5.90. The Kier molecular flexibility index (Phi) is 6.30. The Labute approximate surface area is 162 Å². The smallest absolute Gasteiger partial charge is 0.340 e. The van der Waals surface area contributed by atoms with Gasteiger partial charge in [0.1, 0.15) is 0 Å². The van der Waals surface area contributed by atoms with E-state index in [1.165, 1.54) is 6.20 Å². The van der Waals surface area contributed by atoms with Crippen molar-refractivity contribution in [2.75, 3.05) is 17.2 Å². The van der Waals surface area contributed by atoms with E-state index in [1.54, 1.807) is 55.8 Å². The molecular formula is C21H20N4O3. The van der Waals surface area contributed by atoms with Crippen molar-refractivity contribution in [3.63, 3.8) is 0 Å². The number of rotatable bonds is 7. The number of carbonyl (C=O) groups is 2. The van der Waals surface area contributed by atoms with Crippen LogP contribution < -0.4 is 10.6 Å². The fourth-order valence-electron chi connectivity index (χ4n) is 2.54. The Balaban J connectivity index is 1.71. The second kappa shape index (κ2) is 9.27. The molecule has 2 N–H and O–H groups in total. The van der Waals surface area contributed by atoms with Crippen LogP contribution in [0.3, 0.4) is 0 Å². The second-order valence-corrected chi connectivity index (χ2v) is 5.90. The van der Waals surface area contributed by atoms with Gasteiger partial charge in [-0.3, -0.25) is 14.8 Å². The molecule has 0 saturated heterocycles. The number of para-hydroxylation sites is 1. The summed E-state index contributed by atoms with van der Waals surface area (Å²) in [5.41, 5.74) is 2.78. The monoisotopic (exact) mass is 376 g/mol. The Bertz CT molecular complexity index is 961. The highest BCUT2D eigenvalue weighted by Crippen LogP contribution is 2.18. The first-order valence-electron chi connectivity index (χ1n) is 8.82. The summed E-state index contributed by atoms with van der Waals surface area (Å²) in [6.45, 7) is 2.55. The lowest BCUT2D eigenvalue weighted by molar-refractivity contribution is 0.0527. The van der Waals surface area contributed by atoms with Crippen molar-refractivity contribution in [3.8, 4) is 0 Å². The molecule has 1 aromatic carbocycles. The van der Waals surface area contributed by atoms with E-state index in [2.05, 4.69) is 20.6 Å². The molecule has 28 heavy (non-hydrogen) atoms. The minimum absolute atomic E-state index is 0.260. The number of pyridine rings is 2. The number of hydrogen-bond acceptors (Lipinski definition) is 6. The van der Waals surface area contributed by atoms with Crippen LogP contribution in [0, 0.1) is 0 Å². The molecule has 3 aromatic rings. The average Bonchev–Trinajstić information content (AvgIpc) is 2.74. The Morgan fingerprint density at radius 1 is 1.04 bits per heavy atom. The molecule has 0 aliphatic rings. The summed E-state index contributed by atoms with van der Waals surface area (Å²) in [5, 5.41) is 5.96. The van der Waals surface area contributed by atoms with Crippen molar-refractivity contribution in [1.82, 2.24) is 9.97 Å². The number of esters is 1. The molecule has 0 atom stereocenters. The number of benzene rings is 1. The molecule has 0 radical (unpaired) electrons. The Morgan fingerprint density at radius 2 is 1.89 bits per heavy atom. The zero-order valence-electron chi connectivity index (χ0n) is 15.4. The van der Waals surface area contributed by atoms with E-state index in [0.717, 1.165) is 5.56 Å². The molecule has 3 rings (SSSR count). The normalized spacial score (nSPS) is 10.2. The summed E-state index contributed by atoms with van der Waals surface area (Å²) in [6, 6.07) is 12.2. The predicted octanol–water partition coefficient (Wildman–Crippen LogP) is 3.52. The predicted molar refractivity (Wildman–Crippen MR) is 106 cm³/mol. The molecule has 0 bridgehead atoms. The maximum absolute atomic E-state index is 12.6. The van der Waals surface area contributed by atoms with Gasteiger partial charge in [0.05, 0.1) is 29.1 Å². The van der Waals surface area contributed by atoms with Crippen molar-refractivity contribution in [2.45, 2.75) is 13.5 Å². The van der Waals surface area contributed by atoms with E-state index >= 15 is 0 Å². The molecule has 2 aromatic heterocycles. The Morgan fingerprint density at radius 3 is 2.68 bits per heavy atom. The molecule has 7 heteroatoms. The van der Waals surface area contributed by atoms with Gasteiger partial charge in [-0.05, 0) is 36.8 Å². The lowest BCUT2D eigenvalue weighted by Crippen LogP contribution is -2.16. The molecule has 0 fully saturated rings. The summed E-state index contributed by atoms with van der Waals surface area (Å²) < 4.78 is 5.03. The number of amides is 1. The maximum atomic E-state index is 12.6. The van der Waals surface area contributed by atoms with Gasteiger partial charge in [0, 0.05) is 31.3 Å². The minimum Gasteiger partial charge on any atom is -0.462 e. The number of anilines is 2. The maximum Gasteiger partial charge on any atom is 0.340 e. The number of nitrogens with one attached hydrogen (secondary N) is 2. The fourth-order valence-corrected chi connectivity index (χ4v) is 2.54. The Hall–Kier alpha value is -3.74. The lowest BCUT2D eigenvalue weighted by atomic mass is 10.1. The number of ether oxygens (including phenoxy) is 1. The first-order valence-corrected chi connectivity index (χ1v) is 8.82. The third-order valence-electron chi connectivity index (χ3n) is 3.89. The van der Waals surface area contributed by atoms with Gasteiger partial charge < -0.3 is 15.4 Å². The zero-order valence-corrected chi connectivity index (χ0v) is 15.4. The molecule has 1 amide bonds. The standard InChI is InChI=1S/C21H20N4O3/c1-2-28-21(27)18-7-3-4-8-19(18)25-20(26)16-10-17(14-23-13-16)24-12-15-6-5-9-22-11-15/h3-11,13-14,24H,2,12H2,1H3,(H,25,26). The van der Waals surface area contributed by atoms with E-state index in [1.807, 2.05) is 12.1 Å². The van der Waals surface area contributed by atoms with Crippen molar-refractivity contribution in [1.29, 1.82) is 0 Å². The lowest BCUT2D eigenvalue weighted by Gasteiger charge is -2.11. The molecule has 0 aliphatic heterocycles. The third-order valence-corrected chi connectivity index (χ3v) is 3.89. The van der Waals surface area contributed by atoms with E-state index < -0.39 is 5.97 Å². The van der Waals surface area contributed by atoms with Crippen LogP contribution in [0.5, 0.6) is 0 Å². The largest absolute Gasteiger partial charge is 0.462 e. The van der Waals surface area contributed by atoms with Crippen molar-refractivity contribution in [2.24, 2.45) is 0 Å². The van der Waals surface area contributed by atoms with Crippen LogP contribution in [0.2, 0.25) is 0 Å². The topological polar surface area (TPSA) is 93.2 Å². The number of hydrogen-bond donors (Lipinski definition) is 2. The van der Waals surface area contributed by atoms with Crippen LogP contribution >= 0.6 is 0 Å². The first-order chi connectivity index (χ1) is 13.7. The van der Waals surface area contributed by atoms with Crippen molar-refractivity contribution < 1.29 is 14.3 Å². The van der Waals surface area contributed by atoms with Crippen LogP contribution in [-0.4, -0.2) is 28.5 Å². The highest BCUT2D eigenvalue weighted by Gasteiger charge is 2.15. The van der Waals surface area contributed by atoms with Gasteiger partial charge in [-0.2, -0.15) is 0 Å². The molecule has 0 unspecified atom stereocenters. The molecule has 142 valence electrons. The van der Waals surface area contributed by atoms with E-state index in [0.29, 0.717) is 29.0 Å². The van der Waals surface area contributed by atoms with Crippen LogP contribution in [0.25, 0.3) is 0 Å². The number of aromatic nitrogens is 2. The molecule has 0 saturated carbocycles. The van der Waals surface area contributed by atoms with Gasteiger partial charge in [-0.1, -0.05) is 18.2 Å². The summed E-state index contributed by atoms with van der Waals surface area (Å²) in [7, 11) is 0. The SMILES string of the molecule is CCOC(=O)c1ccccc1NC(=O)c1cncc(NCc2cccnc2)c1. The molecule has 0 spiro atoms. The van der Waals surface area contributed by atoms with Gasteiger partial charge in [0.15, 0.2) is 0 Å².